The van der Waals surface area contributed by atoms with E-state index in [1.165, 1.54) is 26.4 Å². The van der Waals surface area contributed by atoms with E-state index >= 15 is 0 Å². The Morgan fingerprint density at radius 1 is 1.38 bits per heavy atom. The predicted molar refractivity (Wildman–Crippen MR) is 80.1 cm³/mol. The Labute approximate surface area is 127 Å². The summed E-state index contributed by atoms with van der Waals surface area (Å²) in [5, 5.41) is 3.60. The smallest absolute Gasteiger partial charge is 0.326 e. The Hall–Kier alpha value is -0.650. The monoisotopic (exact) mass is 296 g/mol. The van der Waals surface area contributed by atoms with Crippen molar-refractivity contribution in [2.45, 2.75) is 69.2 Å². The zero-order valence-electron chi connectivity index (χ0n) is 13.3. The molecule has 0 bridgehead atoms. The summed E-state index contributed by atoms with van der Waals surface area (Å²) in [5.74, 6) is -0.0691. The van der Waals surface area contributed by atoms with E-state index in [-0.39, 0.29) is 5.97 Å². The van der Waals surface area contributed by atoms with Crippen LogP contribution in [0.3, 0.4) is 0 Å². The first kappa shape index (κ1) is 15.3. The van der Waals surface area contributed by atoms with Crippen molar-refractivity contribution in [2.75, 3.05) is 26.8 Å². The Morgan fingerprint density at radius 3 is 2.86 bits per heavy atom. The number of rotatable bonds is 4. The first-order valence-corrected chi connectivity index (χ1v) is 8.35. The molecule has 1 heterocycles. The molecule has 0 aromatic heterocycles. The van der Waals surface area contributed by atoms with E-state index in [0.717, 1.165) is 39.0 Å². The van der Waals surface area contributed by atoms with Crippen LogP contribution in [0.2, 0.25) is 0 Å². The standard InChI is InChI=1S/C16H28N2O3/c1-12-11-18(8-9-21-12)14-4-3-7-16(10-14,15(19)20-2)17-13-5-6-13/h12-14,17H,3-11H2,1-2H3. The van der Waals surface area contributed by atoms with Gasteiger partial charge in [-0.3, -0.25) is 15.0 Å². The van der Waals surface area contributed by atoms with Crippen molar-refractivity contribution in [1.82, 2.24) is 10.2 Å². The molecule has 0 aromatic carbocycles. The van der Waals surface area contributed by atoms with E-state index in [0.29, 0.717) is 18.2 Å². The lowest BCUT2D eigenvalue weighted by Gasteiger charge is -2.45. The number of morpholine rings is 1. The van der Waals surface area contributed by atoms with Gasteiger partial charge in [0.1, 0.15) is 5.54 Å². The van der Waals surface area contributed by atoms with E-state index in [1.807, 2.05) is 0 Å². The van der Waals surface area contributed by atoms with Crippen LogP contribution in [0, 0.1) is 0 Å². The van der Waals surface area contributed by atoms with E-state index < -0.39 is 5.54 Å². The molecular weight excluding hydrogens is 268 g/mol. The van der Waals surface area contributed by atoms with Crippen LogP contribution in [0.5, 0.6) is 0 Å². The van der Waals surface area contributed by atoms with Gasteiger partial charge in [-0.15, -0.1) is 0 Å². The number of methoxy groups -OCH3 is 1. The van der Waals surface area contributed by atoms with Gasteiger partial charge in [0.2, 0.25) is 0 Å². The average molecular weight is 296 g/mol. The van der Waals surface area contributed by atoms with Crippen molar-refractivity contribution < 1.29 is 14.3 Å². The van der Waals surface area contributed by atoms with Gasteiger partial charge in [0.05, 0.1) is 19.8 Å². The summed E-state index contributed by atoms with van der Waals surface area (Å²) in [4.78, 5) is 14.9. The van der Waals surface area contributed by atoms with Gasteiger partial charge in [0, 0.05) is 25.2 Å². The van der Waals surface area contributed by atoms with Crippen molar-refractivity contribution in [3.8, 4) is 0 Å². The number of esters is 1. The lowest BCUT2D eigenvalue weighted by molar-refractivity contribution is -0.152. The van der Waals surface area contributed by atoms with Crippen LogP contribution in [0.15, 0.2) is 0 Å². The lowest BCUT2D eigenvalue weighted by atomic mass is 9.78. The van der Waals surface area contributed by atoms with Crippen molar-refractivity contribution in [1.29, 1.82) is 0 Å². The van der Waals surface area contributed by atoms with E-state index in [9.17, 15) is 4.79 Å². The fourth-order valence-corrected chi connectivity index (χ4v) is 3.92. The predicted octanol–water partition coefficient (Wildman–Crippen LogP) is 1.31. The molecule has 3 unspecified atom stereocenters. The fourth-order valence-electron chi connectivity index (χ4n) is 3.92. The van der Waals surface area contributed by atoms with Crippen LogP contribution < -0.4 is 5.32 Å². The van der Waals surface area contributed by atoms with Crippen LogP contribution in [0.4, 0.5) is 0 Å². The molecule has 21 heavy (non-hydrogen) atoms. The summed E-state index contributed by atoms with van der Waals surface area (Å²) in [6.07, 6.45) is 6.73. The maximum Gasteiger partial charge on any atom is 0.326 e. The highest BCUT2D eigenvalue weighted by Gasteiger charge is 2.47. The van der Waals surface area contributed by atoms with Gasteiger partial charge in [-0.2, -0.15) is 0 Å². The number of carbonyl (C=O) groups excluding carboxylic acids is 1. The Kier molecular flexibility index (Phi) is 4.52. The highest BCUT2D eigenvalue weighted by molar-refractivity contribution is 5.81. The summed E-state index contributed by atoms with van der Waals surface area (Å²) in [6, 6.07) is 0.988. The van der Waals surface area contributed by atoms with Gasteiger partial charge in [-0.25, -0.2) is 0 Å². The van der Waals surface area contributed by atoms with Gasteiger partial charge in [-0.1, -0.05) is 0 Å². The molecule has 120 valence electrons. The van der Waals surface area contributed by atoms with E-state index in [2.05, 4.69) is 17.1 Å². The lowest BCUT2D eigenvalue weighted by Crippen LogP contribution is -2.60. The largest absolute Gasteiger partial charge is 0.468 e. The SMILES string of the molecule is COC(=O)C1(NC2CC2)CCCC(N2CCOC(C)C2)C1. The quantitative estimate of drug-likeness (QED) is 0.793. The molecule has 0 amide bonds. The minimum absolute atomic E-state index is 0.0691. The van der Waals surface area contributed by atoms with Crippen molar-refractivity contribution in [3.63, 3.8) is 0 Å². The van der Waals surface area contributed by atoms with E-state index in [4.69, 9.17) is 9.47 Å². The second kappa shape index (κ2) is 6.23. The Balaban J connectivity index is 1.70. The number of hydrogen-bond acceptors (Lipinski definition) is 5. The molecule has 0 spiro atoms. The average Bonchev–Trinajstić information content (AvgIpc) is 3.30. The first-order chi connectivity index (χ1) is 10.1. The third-order valence-electron chi connectivity index (χ3n) is 5.15. The van der Waals surface area contributed by atoms with Crippen LogP contribution in [-0.4, -0.2) is 61.4 Å². The summed E-state index contributed by atoms with van der Waals surface area (Å²) in [5.41, 5.74) is -0.458. The minimum Gasteiger partial charge on any atom is -0.468 e. The number of ether oxygens (including phenoxy) is 2. The Morgan fingerprint density at radius 2 is 2.19 bits per heavy atom. The molecule has 3 atom stereocenters. The molecule has 3 fully saturated rings. The summed E-state index contributed by atoms with van der Waals surface area (Å²) in [6.45, 7) is 4.89. The number of hydrogen-bond donors (Lipinski definition) is 1. The molecule has 2 saturated carbocycles. The minimum atomic E-state index is -0.458. The zero-order chi connectivity index (χ0) is 14.9. The normalized spacial score (nSPS) is 38.2. The highest BCUT2D eigenvalue weighted by Crippen LogP contribution is 2.36. The van der Waals surface area contributed by atoms with Crippen molar-refractivity contribution >= 4 is 5.97 Å². The number of carbonyl (C=O) groups is 1. The fraction of sp³-hybridized carbons (Fsp3) is 0.938. The number of nitrogens with zero attached hydrogens (tertiary/aromatic N) is 1. The first-order valence-electron chi connectivity index (χ1n) is 8.35. The Bertz CT molecular complexity index is 386. The van der Waals surface area contributed by atoms with Crippen LogP contribution in [0.25, 0.3) is 0 Å². The van der Waals surface area contributed by atoms with Gasteiger partial charge in [0.25, 0.3) is 0 Å². The molecular formula is C16H28N2O3. The second-order valence-corrected chi connectivity index (χ2v) is 6.92. The second-order valence-electron chi connectivity index (χ2n) is 6.92. The summed E-state index contributed by atoms with van der Waals surface area (Å²) >= 11 is 0. The highest BCUT2D eigenvalue weighted by atomic mass is 16.5. The summed E-state index contributed by atoms with van der Waals surface area (Å²) < 4.78 is 10.8. The molecule has 5 nitrogen and oxygen atoms in total. The topological polar surface area (TPSA) is 50.8 Å². The number of nitrogens with one attached hydrogen (secondary N) is 1. The van der Waals surface area contributed by atoms with Gasteiger partial charge < -0.3 is 9.47 Å². The van der Waals surface area contributed by atoms with Crippen LogP contribution in [-0.2, 0) is 14.3 Å². The molecule has 5 heteroatoms. The molecule has 2 aliphatic carbocycles. The maximum atomic E-state index is 12.4. The van der Waals surface area contributed by atoms with Gasteiger partial charge in [-0.05, 0) is 45.4 Å². The van der Waals surface area contributed by atoms with Crippen molar-refractivity contribution in [2.24, 2.45) is 0 Å². The third-order valence-corrected chi connectivity index (χ3v) is 5.15. The molecule has 3 aliphatic rings. The third kappa shape index (κ3) is 3.41. The van der Waals surface area contributed by atoms with Crippen LogP contribution >= 0.6 is 0 Å². The molecule has 1 saturated heterocycles. The van der Waals surface area contributed by atoms with E-state index in [1.54, 1.807) is 0 Å². The molecule has 1 N–H and O–H groups in total. The van der Waals surface area contributed by atoms with Crippen molar-refractivity contribution in [3.05, 3.63) is 0 Å². The summed E-state index contributed by atoms with van der Waals surface area (Å²) in [7, 11) is 1.51. The molecule has 0 aromatic rings. The van der Waals surface area contributed by atoms with Gasteiger partial charge >= 0.3 is 5.97 Å². The molecule has 3 rings (SSSR count). The molecule has 1 aliphatic heterocycles. The van der Waals surface area contributed by atoms with Gasteiger partial charge in [0.15, 0.2) is 0 Å². The molecule has 0 radical (unpaired) electrons. The van der Waals surface area contributed by atoms with Crippen LogP contribution in [0.1, 0.15) is 45.4 Å². The zero-order valence-corrected chi connectivity index (χ0v) is 13.3. The maximum absolute atomic E-state index is 12.4.